The van der Waals surface area contributed by atoms with Gasteiger partial charge in [0.15, 0.2) is 0 Å². The van der Waals surface area contributed by atoms with Crippen molar-refractivity contribution in [1.82, 2.24) is 10.2 Å². The van der Waals surface area contributed by atoms with Crippen LogP contribution in [-0.4, -0.2) is 49.6 Å². The normalized spacial score (nSPS) is 19.6. The van der Waals surface area contributed by atoms with Crippen molar-refractivity contribution in [2.24, 2.45) is 5.73 Å². The predicted molar refractivity (Wildman–Crippen MR) is 78.6 cm³/mol. The number of carbonyl (C=O) groups is 1. The number of likely N-dealkylation sites (tertiary alicyclic amines) is 1. The third-order valence-electron chi connectivity index (χ3n) is 3.35. The first-order valence-corrected chi connectivity index (χ1v) is 7.16. The highest BCUT2D eigenvalue weighted by atomic mass is 16.5. The van der Waals surface area contributed by atoms with Gasteiger partial charge in [-0.05, 0) is 31.5 Å². The van der Waals surface area contributed by atoms with Gasteiger partial charge in [0, 0.05) is 12.6 Å². The van der Waals surface area contributed by atoms with E-state index in [1.54, 1.807) is 0 Å². The van der Waals surface area contributed by atoms with E-state index in [1.165, 1.54) is 0 Å². The summed E-state index contributed by atoms with van der Waals surface area (Å²) in [5.41, 5.74) is 5.89. The molecule has 2 rings (SSSR count). The number of carbonyl (C=O) groups excluding carboxylic acids is 1. The molecule has 110 valence electrons. The van der Waals surface area contributed by atoms with E-state index < -0.39 is 0 Å². The molecule has 1 amide bonds. The van der Waals surface area contributed by atoms with Crippen LogP contribution in [0.25, 0.3) is 0 Å². The summed E-state index contributed by atoms with van der Waals surface area (Å²) in [6, 6.07) is 9.80. The van der Waals surface area contributed by atoms with Crippen LogP contribution in [0.2, 0.25) is 0 Å². The topological polar surface area (TPSA) is 67.6 Å². The summed E-state index contributed by atoms with van der Waals surface area (Å²) in [4.78, 5) is 13.9. The average molecular weight is 277 g/mol. The van der Waals surface area contributed by atoms with Gasteiger partial charge in [-0.15, -0.1) is 0 Å². The summed E-state index contributed by atoms with van der Waals surface area (Å²) in [6.07, 6.45) is 2.13. The molecule has 0 aromatic heterocycles. The fraction of sp³-hybridized carbons (Fsp3) is 0.533. The van der Waals surface area contributed by atoms with E-state index in [1.807, 2.05) is 30.3 Å². The van der Waals surface area contributed by atoms with E-state index >= 15 is 0 Å². The molecule has 1 aliphatic heterocycles. The van der Waals surface area contributed by atoms with Crippen molar-refractivity contribution in [3.05, 3.63) is 30.3 Å². The highest BCUT2D eigenvalue weighted by Gasteiger charge is 2.18. The molecule has 0 aliphatic carbocycles. The summed E-state index contributed by atoms with van der Waals surface area (Å²) in [7, 11) is 0. The van der Waals surface area contributed by atoms with Gasteiger partial charge < -0.3 is 15.8 Å². The number of hydrogen-bond donors (Lipinski definition) is 2. The number of benzene rings is 1. The Labute approximate surface area is 120 Å². The number of ether oxygens (including phenoxy) is 1. The lowest BCUT2D eigenvalue weighted by Gasteiger charge is -2.29. The molecule has 3 N–H and O–H groups in total. The van der Waals surface area contributed by atoms with Crippen LogP contribution in [0.15, 0.2) is 30.3 Å². The smallest absolute Gasteiger partial charge is 0.234 e. The van der Waals surface area contributed by atoms with E-state index in [4.69, 9.17) is 10.5 Å². The van der Waals surface area contributed by atoms with Crippen LogP contribution < -0.4 is 15.8 Å². The average Bonchev–Trinajstić information content (AvgIpc) is 2.45. The number of nitrogens with one attached hydrogen (secondary N) is 1. The molecule has 1 fully saturated rings. The lowest BCUT2D eigenvalue weighted by atomic mass is 10.1. The van der Waals surface area contributed by atoms with Crippen LogP contribution in [0.4, 0.5) is 0 Å². The number of nitrogens with two attached hydrogens (primary N) is 1. The molecular formula is C15H23N3O2. The second-order valence-corrected chi connectivity index (χ2v) is 5.15. The van der Waals surface area contributed by atoms with Gasteiger partial charge in [-0.3, -0.25) is 9.69 Å². The van der Waals surface area contributed by atoms with Crippen molar-refractivity contribution in [3.8, 4) is 5.75 Å². The van der Waals surface area contributed by atoms with Crippen molar-refractivity contribution < 1.29 is 9.53 Å². The molecule has 1 aromatic rings. The van der Waals surface area contributed by atoms with Gasteiger partial charge in [0.1, 0.15) is 12.4 Å². The number of nitrogens with zero attached hydrogens (tertiary/aromatic N) is 1. The Kier molecular flexibility index (Phi) is 5.83. The highest BCUT2D eigenvalue weighted by molar-refractivity contribution is 5.78. The van der Waals surface area contributed by atoms with Gasteiger partial charge in [0.2, 0.25) is 5.91 Å². The molecule has 1 aromatic carbocycles. The van der Waals surface area contributed by atoms with Crippen LogP contribution >= 0.6 is 0 Å². The van der Waals surface area contributed by atoms with E-state index in [0.29, 0.717) is 19.7 Å². The van der Waals surface area contributed by atoms with E-state index in [-0.39, 0.29) is 11.9 Å². The quantitative estimate of drug-likeness (QED) is 0.747. The Bertz CT molecular complexity index is 411. The van der Waals surface area contributed by atoms with Crippen LogP contribution in [-0.2, 0) is 4.79 Å². The molecule has 1 atom stereocenters. The van der Waals surface area contributed by atoms with Crippen molar-refractivity contribution in [2.75, 3.05) is 32.8 Å². The second kappa shape index (κ2) is 7.87. The summed E-state index contributed by atoms with van der Waals surface area (Å²) in [5, 5.41) is 2.87. The van der Waals surface area contributed by atoms with E-state index in [2.05, 4.69) is 10.2 Å². The molecular weight excluding hydrogens is 254 g/mol. The standard InChI is InChI=1S/C15H23N3O2/c16-13-5-4-9-18(11-13)12-15(19)17-8-10-20-14-6-2-1-3-7-14/h1-3,6-7,13H,4-5,8-12,16H2,(H,17,19). The minimum atomic E-state index is 0.0377. The molecule has 0 radical (unpaired) electrons. The number of amides is 1. The Morgan fingerprint density at radius 2 is 2.20 bits per heavy atom. The largest absolute Gasteiger partial charge is 0.492 e. The summed E-state index contributed by atoms with van der Waals surface area (Å²) >= 11 is 0. The van der Waals surface area contributed by atoms with E-state index in [0.717, 1.165) is 31.7 Å². The molecule has 1 saturated heterocycles. The molecule has 1 aliphatic rings. The minimum Gasteiger partial charge on any atom is -0.492 e. The Morgan fingerprint density at radius 3 is 2.95 bits per heavy atom. The molecule has 5 heteroatoms. The molecule has 1 heterocycles. The minimum absolute atomic E-state index is 0.0377. The SMILES string of the molecule is NC1CCCN(CC(=O)NCCOc2ccccc2)C1. The first kappa shape index (κ1) is 14.8. The Morgan fingerprint density at radius 1 is 1.40 bits per heavy atom. The molecule has 0 saturated carbocycles. The first-order valence-electron chi connectivity index (χ1n) is 7.16. The molecule has 0 bridgehead atoms. The van der Waals surface area contributed by atoms with Crippen LogP contribution in [0.5, 0.6) is 5.75 Å². The number of hydrogen-bond acceptors (Lipinski definition) is 4. The van der Waals surface area contributed by atoms with E-state index in [9.17, 15) is 4.79 Å². The summed E-state index contributed by atoms with van der Waals surface area (Å²) in [6.45, 7) is 3.21. The zero-order chi connectivity index (χ0) is 14.2. The highest BCUT2D eigenvalue weighted by Crippen LogP contribution is 2.08. The summed E-state index contributed by atoms with van der Waals surface area (Å²) in [5.74, 6) is 0.861. The zero-order valence-corrected chi connectivity index (χ0v) is 11.8. The van der Waals surface area contributed by atoms with Gasteiger partial charge in [0.05, 0.1) is 13.1 Å². The molecule has 0 spiro atoms. The molecule has 1 unspecified atom stereocenters. The lowest BCUT2D eigenvalue weighted by molar-refractivity contribution is -0.122. The third kappa shape index (κ3) is 5.19. The predicted octanol–water partition coefficient (Wildman–Crippen LogP) is 0.605. The Balaban J connectivity index is 1.58. The number of para-hydroxylation sites is 1. The van der Waals surface area contributed by atoms with Gasteiger partial charge in [-0.1, -0.05) is 18.2 Å². The van der Waals surface area contributed by atoms with Crippen LogP contribution in [0.3, 0.4) is 0 Å². The lowest BCUT2D eigenvalue weighted by Crippen LogP contribution is -2.47. The second-order valence-electron chi connectivity index (χ2n) is 5.15. The van der Waals surface area contributed by atoms with Crippen LogP contribution in [0.1, 0.15) is 12.8 Å². The summed E-state index contributed by atoms with van der Waals surface area (Å²) < 4.78 is 5.52. The maximum atomic E-state index is 11.8. The number of rotatable bonds is 6. The van der Waals surface area contributed by atoms with Gasteiger partial charge in [-0.25, -0.2) is 0 Å². The Hall–Kier alpha value is -1.59. The monoisotopic (exact) mass is 277 g/mol. The third-order valence-corrected chi connectivity index (χ3v) is 3.35. The van der Waals surface area contributed by atoms with Gasteiger partial charge in [0.25, 0.3) is 0 Å². The van der Waals surface area contributed by atoms with Crippen LogP contribution in [0, 0.1) is 0 Å². The van der Waals surface area contributed by atoms with Crippen molar-refractivity contribution in [3.63, 3.8) is 0 Å². The van der Waals surface area contributed by atoms with Crippen molar-refractivity contribution >= 4 is 5.91 Å². The van der Waals surface area contributed by atoms with Crippen molar-refractivity contribution in [1.29, 1.82) is 0 Å². The van der Waals surface area contributed by atoms with Crippen molar-refractivity contribution in [2.45, 2.75) is 18.9 Å². The zero-order valence-electron chi connectivity index (χ0n) is 11.8. The number of piperidine rings is 1. The fourth-order valence-electron chi connectivity index (χ4n) is 2.37. The maximum absolute atomic E-state index is 11.8. The molecule has 5 nitrogen and oxygen atoms in total. The first-order chi connectivity index (χ1) is 9.74. The van der Waals surface area contributed by atoms with Gasteiger partial charge in [-0.2, -0.15) is 0 Å². The maximum Gasteiger partial charge on any atom is 0.234 e. The van der Waals surface area contributed by atoms with Gasteiger partial charge >= 0.3 is 0 Å². The fourth-order valence-corrected chi connectivity index (χ4v) is 2.37. The molecule has 20 heavy (non-hydrogen) atoms.